The molecule has 0 aliphatic carbocycles. The number of piperazine rings is 1. The predicted octanol–water partition coefficient (Wildman–Crippen LogP) is 2.63. The number of ether oxygens (including phenoxy) is 1. The summed E-state index contributed by atoms with van der Waals surface area (Å²) in [4.78, 5) is 16.6. The van der Waals surface area contributed by atoms with Crippen molar-refractivity contribution in [2.75, 3.05) is 39.3 Å². The lowest BCUT2D eigenvalue weighted by molar-refractivity contribution is -0.149. The number of nitrogens with zero attached hydrogens (tertiary/aromatic N) is 2. The number of carbonyl (C=O) groups is 1. The zero-order valence-electron chi connectivity index (χ0n) is 17.7. The quantitative estimate of drug-likeness (QED) is 0.262. The number of aliphatic hydroxyl groups excluding tert-OH is 1. The fourth-order valence-corrected chi connectivity index (χ4v) is 2.95. The topological polar surface area (TPSA) is 79.0 Å². The first-order chi connectivity index (χ1) is 12.7. The molecule has 0 aromatic heterocycles. The Kier molecular flexibility index (Phi) is 10.5. The highest BCUT2D eigenvalue weighted by Crippen LogP contribution is 2.12. The van der Waals surface area contributed by atoms with Crippen LogP contribution in [0.1, 0.15) is 59.8 Å². The van der Waals surface area contributed by atoms with Crippen molar-refractivity contribution in [2.24, 2.45) is 5.73 Å². The van der Waals surface area contributed by atoms with E-state index in [0.717, 1.165) is 45.6 Å². The number of unbranched alkanes of at least 4 members (excludes halogenated alkanes) is 4. The summed E-state index contributed by atoms with van der Waals surface area (Å²) in [7, 11) is 0. The average Bonchev–Trinajstić information content (AvgIpc) is 2.61. The molecule has 0 amide bonds. The van der Waals surface area contributed by atoms with Crippen molar-refractivity contribution in [3.8, 4) is 0 Å². The van der Waals surface area contributed by atoms with Crippen LogP contribution in [0.4, 0.5) is 0 Å². The number of hydrogen-bond acceptors (Lipinski definition) is 6. The van der Waals surface area contributed by atoms with E-state index in [9.17, 15) is 4.79 Å². The number of carbonyl (C=O) groups excluding carboxylic acids is 1. The van der Waals surface area contributed by atoms with Crippen LogP contribution in [0.2, 0.25) is 0 Å². The van der Waals surface area contributed by atoms with Crippen molar-refractivity contribution >= 4 is 5.97 Å². The van der Waals surface area contributed by atoms with Gasteiger partial charge in [-0.3, -0.25) is 4.90 Å². The molecule has 1 fully saturated rings. The lowest BCUT2D eigenvalue weighted by Gasteiger charge is -2.36. The first kappa shape index (κ1) is 23.5. The predicted molar refractivity (Wildman–Crippen MR) is 110 cm³/mol. The molecule has 0 unspecified atom stereocenters. The van der Waals surface area contributed by atoms with Crippen LogP contribution in [0.15, 0.2) is 23.5 Å². The molecule has 0 atom stereocenters. The number of esters is 1. The van der Waals surface area contributed by atoms with Crippen LogP contribution in [0.3, 0.4) is 0 Å². The van der Waals surface area contributed by atoms with E-state index in [0.29, 0.717) is 18.0 Å². The monoisotopic (exact) mass is 381 g/mol. The van der Waals surface area contributed by atoms with E-state index < -0.39 is 5.60 Å². The van der Waals surface area contributed by atoms with Gasteiger partial charge in [0.15, 0.2) is 0 Å². The molecule has 0 saturated carbocycles. The van der Waals surface area contributed by atoms with Gasteiger partial charge in [0, 0.05) is 38.4 Å². The summed E-state index contributed by atoms with van der Waals surface area (Å²) in [6.07, 6.45) is 9.25. The minimum absolute atomic E-state index is 0.309. The number of rotatable bonds is 10. The van der Waals surface area contributed by atoms with E-state index >= 15 is 0 Å². The van der Waals surface area contributed by atoms with Gasteiger partial charge in [-0.05, 0) is 59.2 Å². The first-order valence-electron chi connectivity index (χ1n) is 10.2. The summed E-state index contributed by atoms with van der Waals surface area (Å²) < 4.78 is 5.35. The number of hydrogen-bond donors (Lipinski definition) is 2. The van der Waals surface area contributed by atoms with E-state index in [1.165, 1.54) is 19.3 Å². The second-order valence-corrected chi connectivity index (χ2v) is 8.26. The van der Waals surface area contributed by atoms with Crippen molar-refractivity contribution in [1.29, 1.82) is 0 Å². The highest BCUT2D eigenvalue weighted by molar-refractivity contribution is 5.88. The van der Waals surface area contributed by atoms with E-state index in [1.807, 2.05) is 20.8 Å². The van der Waals surface area contributed by atoms with Crippen LogP contribution in [-0.4, -0.2) is 65.8 Å². The van der Waals surface area contributed by atoms with Gasteiger partial charge in [0.1, 0.15) is 5.60 Å². The van der Waals surface area contributed by atoms with Crippen molar-refractivity contribution in [3.05, 3.63) is 23.5 Å². The lowest BCUT2D eigenvalue weighted by atomic mass is 10.1. The molecule has 0 aromatic rings. The zero-order valence-corrected chi connectivity index (χ0v) is 17.7. The maximum atomic E-state index is 12.0. The molecule has 1 aliphatic rings. The third-order valence-electron chi connectivity index (χ3n) is 4.59. The first-order valence-corrected chi connectivity index (χ1v) is 10.2. The Bertz CT molecular complexity index is 501. The van der Waals surface area contributed by atoms with Crippen LogP contribution >= 0.6 is 0 Å². The van der Waals surface area contributed by atoms with Crippen molar-refractivity contribution < 1.29 is 14.6 Å². The second-order valence-electron chi connectivity index (χ2n) is 8.26. The summed E-state index contributed by atoms with van der Waals surface area (Å²) >= 11 is 0. The molecule has 3 N–H and O–H groups in total. The number of allylic oxidation sites excluding steroid dienone is 2. The SMILES string of the molecule is C/C(=C\C=C(/N)N1CCN(CCCCCCCO)CC1)C(=O)OC(C)(C)C. The molecule has 6 nitrogen and oxygen atoms in total. The van der Waals surface area contributed by atoms with E-state index in [2.05, 4.69) is 9.80 Å². The maximum absolute atomic E-state index is 12.0. The number of aliphatic hydroxyl groups is 1. The summed E-state index contributed by atoms with van der Waals surface area (Å²) in [5, 5.41) is 8.78. The van der Waals surface area contributed by atoms with Gasteiger partial charge in [0.05, 0.1) is 5.82 Å². The Morgan fingerprint density at radius 1 is 1.04 bits per heavy atom. The largest absolute Gasteiger partial charge is 0.457 e. The highest BCUT2D eigenvalue weighted by atomic mass is 16.6. The lowest BCUT2D eigenvalue weighted by Crippen LogP contribution is -2.47. The molecule has 0 aromatic carbocycles. The molecule has 27 heavy (non-hydrogen) atoms. The summed E-state index contributed by atoms with van der Waals surface area (Å²) in [6, 6.07) is 0. The molecular weight excluding hydrogens is 342 g/mol. The van der Waals surface area contributed by atoms with Crippen LogP contribution in [0.5, 0.6) is 0 Å². The van der Waals surface area contributed by atoms with Crippen molar-refractivity contribution in [3.63, 3.8) is 0 Å². The Hall–Kier alpha value is -1.53. The highest BCUT2D eigenvalue weighted by Gasteiger charge is 2.18. The minimum atomic E-state index is -0.489. The third kappa shape index (κ3) is 10.4. The Labute approximate surface area is 165 Å². The molecule has 1 heterocycles. The molecular formula is C21H39N3O3. The van der Waals surface area contributed by atoms with Gasteiger partial charge < -0.3 is 20.5 Å². The number of nitrogens with two attached hydrogens (primary N) is 1. The molecule has 0 radical (unpaired) electrons. The molecule has 0 spiro atoms. The van der Waals surface area contributed by atoms with Gasteiger partial charge in [0.2, 0.25) is 0 Å². The molecule has 6 heteroatoms. The molecule has 1 rings (SSSR count). The van der Waals surface area contributed by atoms with E-state index in [-0.39, 0.29) is 5.97 Å². The molecule has 156 valence electrons. The molecule has 1 aliphatic heterocycles. The minimum Gasteiger partial charge on any atom is -0.457 e. The van der Waals surface area contributed by atoms with Crippen LogP contribution in [-0.2, 0) is 9.53 Å². The fraction of sp³-hybridized carbons (Fsp3) is 0.762. The standard InChI is InChI=1S/C21H39N3O3/c1-18(20(26)27-21(2,3)4)10-11-19(22)24-15-13-23(14-16-24)12-8-6-5-7-9-17-25/h10-11,25H,5-9,12-17,22H2,1-4H3/b18-10+,19-11+. The molecule has 1 saturated heterocycles. The van der Waals surface area contributed by atoms with Crippen LogP contribution < -0.4 is 5.73 Å². The Balaban J connectivity index is 2.33. The smallest absolute Gasteiger partial charge is 0.334 e. The van der Waals surface area contributed by atoms with Gasteiger partial charge in [0.25, 0.3) is 0 Å². The Morgan fingerprint density at radius 3 is 2.22 bits per heavy atom. The third-order valence-corrected chi connectivity index (χ3v) is 4.59. The summed E-state index contributed by atoms with van der Waals surface area (Å²) in [6.45, 7) is 12.6. The van der Waals surface area contributed by atoms with E-state index in [4.69, 9.17) is 15.6 Å². The van der Waals surface area contributed by atoms with Crippen molar-refractivity contribution in [1.82, 2.24) is 9.80 Å². The normalized spacial score (nSPS) is 17.3. The van der Waals surface area contributed by atoms with Crippen LogP contribution in [0.25, 0.3) is 0 Å². The van der Waals surface area contributed by atoms with Gasteiger partial charge in [-0.25, -0.2) is 4.79 Å². The van der Waals surface area contributed by atoms with E-state index in [1.54, 1.807) is 19.1 Å². The van der Waals surface area contributed by atoms with Crippen LogP contribution in [0, 0.1) is 0 Å². The average molecular weight is 382 g/mol. The summed E-state index contributed by atoms with van der Waals surface area (Å²) in [5.41, 5.74) is 6.25. The van der Waals surface area contributed by atoms with Crippen molar-refractivity contribution in [2.45, 2.75) is 65.4 Å². The van der Waals surface area contributed by atoms with Gasteiger partial charge >= 0.3 is 5.97 Å². The zero-order chi connectivity index (χ0) is 20.3. The fourth-order valence-electron chi connectivity index (χ4n) is 2.95. The molecule has 0 bridgehead atoms. The van der Waals surface area contributed by atoms with Gasteiger partial charge in [-0.2, -0.15) is 0 Å². The second kappa shape index (κ2) is 12.0. The van der Waals surface area contributed by atoms with Gasteiger partial charge in [-0.1, -0.05) is 19.3 Å². The maximum Gasteiger partial charge on any atom is 0.334 e. The summed E-state index contributed by atoms with van der Waals surface area (Å²) in [5.74, 6) is 0.386. The Morgan fingerprint density at radius 2 is 1.63 bits per heavy atom. The van der Waals surface area contributed by atoms with Gasteiger partial charge in [-0.15, -0.1) is 0 Å².